The van der Waals surface area contributed by atoms with E-state index in [1.54, 1.807) is 0 Å². The molecule has 0 aliphatic heterocycles. The summed E-state index contributed by atoms with van der Waals surface area (Å²) in [5.41, 5.74) is 5.12. The summed E-state index contributed by atoms with van der Waals surface area (Å²) in [5, 5.41) is 0. The molecule has 2 nitrogen and oxygen atoms in total. The van der Waals surface area contributed by atoms with E-state index in [1.165, 1.54) is 40.9 Å². The third-order valence-electron chi connectivity index (χ3n) is 4.66. The number of fused-ring (bicyclic) bond motifs is 4. The van der Waals surface area contributed by atoms with Gasteiger partial charge in [0.25, 0.3) is 0 Å². The highest BCUT2D eigenvalue weighted by Crippen LogP contribution is 2.34. The molecule has 2 heterocycles. The van der Waals surface area contributed by atoms with Crippen LogP contribution in [0.4, 0.5) is 0 Å². The second-order valence-electron chi connectivity index (χ2n) is 6.05. The molecule has 0 amide bonds. The van der Waals surface area contributed by atoms with Crippen molar-refractivity contribution in [2.45, 2.75) is 0 Å². The maximum atomic E-state index is 2.35. The fourth-order valence-corrected chi connectivity index (χ4v) is 5.78. The molecule has 0 radical (unpaired) electrons. The number of aromatic nitrogens is 2. The van der Waals surface area contributed by atoms with Gasteiger partial charge >= 0.3 is 0 Å². The summed E-state index contributed by atoms with van der Waals surface area (Å²) in [6.07, 6.45) is 0. The summed E-state index contributed by atoms with van der Waals surface area (Å²) in [6, 6.07) is 21.9. The minimum absolute atomic E-state index is 1.28. The molecule has 3 aromatic carbocycles. The van der Waals surface area contributed by atoms with E-state index in [0.717, 1.165) is 0 Å². The van der Waals surface area contributed by atoms with Crippen molar-refractivity contribution in [1.29, 1.82) is 0 Å². The average Bonchev–Trinajstić information content (AvgIpc) is 2.61. The largest absolute Gasteiger partial charge is 0.342 e. The Morgan fingerprint density at radius 3 is 1.50 bits per heavy atom. The molecule has 0 unspecified atom stereocenters. The van der Waals surface area contributed by atoms with Crippen molar-refractivity contribution in [3.63, 3.8) is 0 Å². The lowest BCUT2D eigenvalue weighted by molar-refractivity contribution is 0.994. The molecule has 0 aliphatic rings. The van der Waals surface area contributed by atoms with Crippen LogP contribution in [-0.2, 0) is 14.1 Å². The fraction of sp³-hybridized carbons (Fsp3) is 0.100. The quantitative estimate of drug-likeness (QED) is 0.294. The van der Waals surface area contributed by atoms with E-state index in [4.69, 9.17) is 0 Å². The van der Waals surface area contributed by atoms with Crippen LogP contribution in [0, 0.1) is 0 Å². The van der Waals surface area contributed by atoms with Gasteiger partial charge in [-0.15, -0.1) is 22.7 Å². The standard InChI is InChI=1S/C20H16N2S2/c1-21-13-7-3-5-9-17(13)23-19-12-20-16(11-15(19)21)22(2)14-8-4-6-10-18(14)24-20/h3-12H,1-2H3. The zero-order valence-electron chi connectivity index (χ0n) is 13.5. The van der Waals surface area contributed by atoms with Crippen molar-refractivity contribution in [3.05, 3.63) is 60.7 Å². The van der Waals surface area contributed by atoms with Crippen LogP contribution in [-0.4, -0.2) is 9.13 Å². The Morgan fingerprint density at radius 1 is 0.542 bits per heavy atom. The summed E-state index contributed by atoms with van der Waals surface area (Å²) in [4.78, 5) is 0. The first-order valence-electron chi connectivity index (χ1n) is 7.91. The minimum Gasteiger partial charge on any atom is -0.342 e. The Bertz CT molecular complexity index is 1180. The van der Waals surface area contributed by atoms with Gasteiger partial charge in [0.05, 0.1) is 40.9 Å². The van der Waals surface area contributed by atoms with E-state index in [9.17, 15) is 0 Å². The Kier molecular flexibility index (Phi) is 2.99. The molecular weight excluding hydrogens is 332 g/mol. The lowest BCUT2D eigenvalue weighted by Gasteiger charge is -2.14. The molecule has 5 rings (SSSR count). The molecule has 0 aliphatic carbocycles. The second kappa shape index (κ2) is 5.10. The van der Waals surface area contributed by atoms with Crippen LogP contribution in [0.3, 0.4) is 0 Å². The van der Waals surface area contributed by atoms with Crippen LogP contribution in [0.15, 0.2) is 60.7 Å². The van der Waals surface area contributed by atoms with Gasteiger partial charge in [0.15, 0.2) is 0 Å². The summed E-state index contributed by atoms with van der Waals surface area (Å²) >= 11 is 3.74. The number of benzene rings is 3. The van der Waals surface area contributed by atoms with Crippen molar-refractivity contribution >= 4 is 63.5 Å². The van der Waals surface area contributed by atoms with Gasteiger partial charge in [-0.1, -0.05) is 24.3 Å². The molecule has 24 heavy (non-hydrogen) atoms. The zero-order chi connectivity index (χ0) is 16.3. The first-order chi connectivity index (χ1) is 11.7. The van der Waals surface area contributed by atoms with Crippen LogP contribution in [0.1, 0.15) is 0 Å². The molecule has 0 spiro atoms. The van der Waals surface area contributed by atoms with Crippen LogP contribution in [0.25, 0.3) is 40.9 Å². The molecule has 0 atom stereocenters. The number of hydrogen-bond donors (Lipinski definition) is 0. The third kappa shape index (κ3) is 1.93. The summed E-state index contributed by atoms with van der Waals surface area (Å²) in [7, 11) is 4.32. The number of aryl methyl sites for hydroxylation is 2. The molecule has 5 aromatic rings. The molecule has 0 N–H and O–H groups in total. The van der Waals surface area contributed by atoms with Crippen molar-refractivity contribution in [2.24, 2.45) is 14.1 Å². The van der Waals surface area contributed by atoms with Gasteiger partial charge in [0.1, 0.15) is 0 Å². The van der Waals surface area contributed by atoms with Crippen LogP contribution < -0.4 is 0 Å². The Morgan fingerprint density at radius 2 is 1.00 bits per heavy atom. The molecule has 0 bridgehead atoms. The second-order valence-corrected chi connectivity index (χ2v) is 8.21. The monoisotopic (exact) mass is 348 g/mol. The smallest absolute Gasteiger partial charge is 0.0605 e. The van der Waals surface area contributed by atoms with Crippen molar-refractivity contribution in [2.75, 3.05) is 0 Å². The minimum atomic E-state index is 1.28. The number of nitrogens with zero attached hydrogens (tertiary/aromatic N) is 2. The van der Waals surface area contributed by atoms with Gasteiger partial charge in [-0.25, -0.2) is 0 Å². The average molecular weight is 348 g/mol. The van der Waals surface area contributed by atoms with Gasteiger partial charge in [-0.3, -0.25) is 0 Å². The molecule has 0 saturated heterocycles. The Hall–Kier alpha value is -2.30. The Balaban J connectivity index is 2.01. The normalized spacial score (nSPS) is 11.8. The van der Waals surface area contributed by atoms with Gasteiger partial charge in [-0.05, 0) is 36.4 Å². The summed E-state index contributed by atoms with van der Waals surface area (Å²) in [6.45, 7) is 0. The fourth-order valence-electron chi connectivity index (χ4n) is 3.36. The number of hydrogen-bond acceptors (Lipinski definition) is 2. The van der Waals surface area contributed by atoms with Gasteiger partial charge in [0.2, 0.25) is 0 Å². The highest BCUT2D eigenvalue weighted by atomic mass is 32.1. The molecular formula is C20H16N2S2. The predicted molar refractivity (Wildman–Crippen MR) is 108 cm³/mol. The van der Waals surface area contributed by atoms with E-state index in [-0.39, 0.29) is 0 Å². The summed E-state index contributed by atoms with van der Waals surface area (Å²) < 4.78 is 9.91. The van der Waals surface area contributed by atoms with Gasteiger partial charge in [-0.2, -0.15) is 0 Å². The van der Waals surface area contributed by atoms with Gasteiger partial charge < -0.3 is 9.13 Å². The molecule has 2 aromatic heterocycles. The first-order valence-corrected chi connectivity index (χ1v) is 9.55. The highest BCUT2D eigenvalue weighted by molar-refractivity contribution is 7.26. The number of rotatable bonds is 0. The van der Waals surface area contributed by atoms with Crippen LogP contribution in [0.5, 0.6) is 0 Å². The molecule has 0 saturated carbocycles. The van der Waals surface area contributed by atoms with E-state index in [0.29, 0.717) is 0 Å². The van der Waals surface area contributed by atoms with E-state index in [2.05, 4.69) is 83.9 Å². The van der Waals surface area contributed by atoms with Crippen molar-refractivity contribution in [3.8, 4) is 0 Å². The highest BCUT2D eigenvalue weighted by Gasteiger charge is 2.09. The zero-order valence-corrected chi connectivity index (χ0v) is 15.1. The SMILES string of the molecule is Cn1c2ccccc2sc2cc3sc4ccccc4n(C)c3cc21. The topological polar surface area (TPSA) is 9.86 Å². The van der Waals surface area contributed by atoms with Crippen LogP contribution >= 0.6 is 22.7 Å². The molecule has 0 fully saturated rings. The van der Waals surface area contributed by atoms with Crippen molar-refractivity contribution < 1.29 is 0 Å². The molecule has 118 valence electrons. The maximum Gasteiger partial charge on any atom is 0.0605 e. The lowest BCUT2D eigenvalue weighted by atomic mass is 10.2. The van der Waals surface area contributed by atoms with E-state index < -0.39 is 0 Å². The van der Waals surface area contributed by atoms with Crippen LogP contribution in [0.2, 0.25) is 0 Å². The number of para-hydroxylation sites is 2. The predicted octanol–water partition coefficient (Wildman–Crippen LogP) is 6.22. The van der Waals surface area contributed by atoms with Crippen molar-refractivity contribution in [1.82, 2.24) is 9.13 Å². The Labute approximate surface area is 147 Å². The van der Waals surface area contributed by atoms with E-state index in [1.807, 2.05) is 22.7 Å². The van der Waals surface area contributed by atoms with Gasteiger partial charge in [0, 0.05) is 14.1 Å². The van der Waals surface area contributed by atoms with E-state index >= 15 is 0 Å². The lowest BCUT2D eigenvalue weighted by Crippen LogP contribution is -1.98. The first kappa shape index (κ1) is 14.1. The third-order valence-corrected chi connectivity index (χ3v) is 6.88. The maximum absolute atomic E-state index is 2.35. The summed E-state index contributed by atoms with van der Waals surface area (Å²) in [5.74, 6) is 0. The molecule has 4 heteroatoms.